The van der Waals surface area contributed by atoms with Crippen LogP contribution < -0.4 is 4.90 Å². The Morgan fingerprint density at radius 2 is 1.92 bits per heavy atom. The van der Waals surface area contributed by atoms with Gasteiger partial charge < -0.3 is 19.1 Å². The monoisotopic (exact) mass is 343 g/mol. The Hall–Kier alpha value is -1.99. The van der Waals surface area contributed by atoms with Gasteiger partial charge in [-0.3, -0.25) is 0 Å². The molecule has 25 heavy (non-hydrogen) atoms. The van der Waals surface area contributed by atoms with Gasteiger partial charge in [-0.05, 0) is 45.4 Å². The molecule has 4 heterocycles. The Morgan fingerprint density at radius 1 is 1.08 bits per heavy atom. The molecule has 4 rings (SSSR count). The van der Waals surface area contributed by atoms with Gasteiger partial charge in [-0.2, -0.15) is 4.98 Å². The van der Waals surface area contributed by atoms with Crippen molar-refractivity contribution in [2.75, 3.05) is 44.7 Å². The van der Waals surface area contributed by atoms with Crippen LogP contribution in [-0.4, -0.2) is 59.9 Å². The van der Waals surface area contributed by atoms with Crippen molar-refractivity contribution < 1.29 is 9.26 Å². The molecule has 0 aromatic carbocycles. The molecule has 0 saturated carbocycles. The van der Waals surface area contributed by atoms with E-state index in [-0.39, 0.29) is 0 Å². The third kappa shape index (κ3) is 3.39. The van der Waals surface area contributed by atoms with Gasteiger partial charge in [0.25, 0.3) is 5.89 Å². The van der Waals surface area contributed by atoms with E-state index in [1.54, 1.807) is 0 Å². The lowest BCUT2D eigenvalue weighted by atomic mass is 9.96. The molecule has 2 aliphatic heterocycles. The van der Waals surface area contributed by atoms with Gasteiger partial charge in [-0.1, -0.05) is 11.2 Å². The highest BCUT2D eigenvalue weighted by atomic mass is 16.5. The molecule has 1 unspecified atom stereocenters. The molecule has 0 N–H and O–H groups in total. The van der Waals surface area contributed by atoms with Gasteiger partial charge in [0.1, 0.15) is 17.1 Å². The molecule has 134 valence electrons. The van der Waals surface area contributed by atoms with Gasteiger partial charge >= 0.3 is 0 Å². The Kier molecular flexibility index (Phi) is 4.43. The van der Waals surface area contributed by atoms with Crippen LogP contribution in [0.15, 0.2) is 22.7 Å². The molecule has 0 aliphatic carbocycles. The Labute approximate surface area is 148 Å². The van der Waals surface area contributed by atoms with Gasteiger partial charge in [-0.25, -0.2) is 4.98 Å². The number of aromatic nitrogens is 3. The molecular formula is C18H25N5O2. The molecule has 7 heteroatoms. The van der Waals surface area contributed by atoms with Crippen molar-refractivity contribution >= 4 is 5.82 Å². The minimum absolute atomic E-state index is 0.474. The fourth-order valence-corrected chi connectivity index (χ4v) is 3.40. The van der Waals surface area contributed by atoms with Gasteiger partial charge in [-0.15, -0.1) is 0 Å². The Morgan fingerprint density at radius 3 is 2.68 bits per heavy atom. The number of pyridine rings is 1. The summed E-state index contributed by atoms with van der Waals surface area (Å²) in [4.78, 5) is 14.0. The second kappa shape index (κ2) is 6.72. The maximum Gasteiger partial charge on any atom is 0.258 e. The molecule has 2 aromatic rings. The molecular weight excluding hydrogens is 318 g/mol. The summed E-state index contributed by atoms with van der Waals surface area (Å²) >= 11 is 0. The van der Waals surface area contributed by atoms with Crippen LogP contribution in [0.3, 0.4) is 0 Å². The first-order valence-corrected chi connectivity index (χ1v) is 9.03. The number of hydrogen-bond acceptors (Lipinski definition) is 7. The zero-order valence-corrected chi connectivity index (χ0v) is 14.9. The Balaban J connectivity index is 1.55. The van der Waals surface area contributed by atoms with Crippen molar-refractivity contribution in [2.24, 2.45) is 0 Å². The first-order chi connectivity index (χ1) is 12.1. The number of nitrogens with zero attached hydrogens (tertiary/aromatic N) is 5. The summed E-state index contributed by atoms with van der Waals surface area (Å²) in [6.07, 6.45) is 3.11. The third-order valence-electron chi connectivity index (χ3n) is 5.14. The lowest BCUT2D eigenvalue weighted by Gasteiger charge is -2.33. The third-order valence-corrected chi connectivity index (χ3v) is 5.14. The average Bonchev–Trinajstić information content (AvgIpc) is 3.14. The molecule has 0 bridgehead atoms. The SMILES string of the molecule is CN1CCN(c2cccc(-c3noc(C4(C)CCCCO4)n3)n2)CC1. The van der Waals surface area contributed by atoms with Gasteiger partial charge in [0.2, 0.25) is 5.82 Å². The fourth-order valence-electron chi connectivity index (χ4n) is 3.40. The van der Waals surface area contributed by atoms with Crippen molar-refractivity contribution in [3.8, 4) is 11.5 Å². The van der Waals surface area contributed by atoms with Crippen molar-refractivity contribution in [2.45, 2.75) is 31.8 Å². The van der Waals surface area contributed by atoms with E-state index in [2.05, 4.69) is 27.0 Å². The van der Waals surface area contributed by atoms with Crippen LogP contribution >= 0.6 is 0 Å². The normalized spacial score (nSPS) is 25.3. The second-order valence-electron chi connectivity index (χ2n) is 7.13. The maximum atomic E-state index is 5.90. The number of piperazine rings is 1. The molecule has 1 atom stereocenters. The molecule has 2 fully saturated rings. The Bertz CT molecular complexity index is 718. The predicted molar refractivity (Wildman–Crippen MR) is 94.4 cm³/mol. The topological polar surface area (TPSA) is 67.5 Å². The second-order valence-corrected chi connectivity index (χ2v) is 7.13. The molecule has 2 aromatic heterocycles. The largest absolute Gasteiger partial charge is 0.365 e. The summed E-state index contributed by atoms with van der Waals surface area (Å²) in [7, 11) is 2.15. The van der Waals surface area contributed by atoms with Crippen molar-refractivity contribution in [3.05, 3.63) is 24.1 Å². The minimum atomic E-state index is -0.474. The van der Waals surface area contributed by atoms with Crippen LogP contribution in [0.25, 0.3) is 11.5 Å². The molecule has 7 nitrogen and oxygen atoms in total. The fraction of sp³-hybridized carbons (Fsp3) is 0.611. The first kappa shape index (κ1) is 16.5. The zero-order chi connectivity index (χ0) is 17.3. The average molecular weight is 343 g/mol. The number of rotatable bonds is 3. The summed E-state index contributed by atoms with van der Waals surface area (Å²) in [6, 6.07) is 5.98. The summed E-state index contributed by atoms with van der Waals surface area (Å²) in [5, 5.41) is 4.15. The first-order valence-electron chi connectivity index (χ1n) is 9.03. The highest BCUT2D eigenvalue weighted by molar-refractivity contribution is 5.53. The number of hydrogen-bond donors (Lipinski definition) is 0. The van der Waals surface area contributed by atoms with E-state index in [0.717, 1.165) is 63.6 Å². The van der Waals surface area contributed by atoms with Crippen molar-refractivity contribution in [1.29, 1.82) is 0 Å². The lowest BCUT2D eigenvalue weighted by Crippen LogP contribution is -2.44. The quantitative estimate of drug-likeness (QED) is 0.847. The van der Waals surface area contributed by atoms with Crippen LogP contribution in [0.1, 0.15) is 32.1 Å². The smallest absolute Gasteiger partial charge is 0.258 e. The molecule has 0 amide bonds. The summed E-state index contributed by atoms with van der Waals surface area (Å²) < 4.78 is 11.4. The van der Waals surface area contributed by atoms with Crippen LogP contribution in [-0.2, 0) is 10.3 Å². The van der Waals surface area contributed by atoms with E-state index in [1.807, 2.05) is 25.1 Å². The van der Waals surface area contributed by atoms with Crippen LogP contribution in [0.2, 0.25) is 0 Å². The van der Waals surface area contributed by atoms with Gasteiger partial charge in [0, 0.05) is 32.8 Å². The zero-order valence-electron chi connectivity index (χ0n) is 14.9. The number of ether oxygens (including phenoxy) is 1. The van der Waals surface area contributed by atoms with Gasteiger partial charge in [0.05, 0.1) is 0 Å². The molecule has 2 aliphatic rings. The van der Waals surface area contributed by atoms with E-state index in [1.165, 1.54) is 0 Å². The summed E-state index contributed by atoms with van der Waals surface area (Å²) in [6.45, 7) is 6.83. The van der Waals surface area contributed by atoms with Crippen LogP contribution in [0, 0.1) is 0 Å². The van der Waals surface area contributed by atoms with Crippen molar-refractivity contribution in [3.63, 3.8) is 0 Å². The van der Waals surface area contributed by atoms with Gasteiger partial charge in [0.15, 0.2) is 0 Å². The standard InChI is InChI=1S/C18H25N5O2/c1-18(8-3-4-13-24-18)17-20-16(21-25-17)14-6-5-7-15(19-14)23-11-9-22(2)10-12-23/h5-7H,3-4,8-13H2,1-2H3. The summed E-state index contributed by atoms with van der Waals surface area (Å²) in [5.41, 5.74) is 0.268. The minimum Gasteiger partial charge on any atom is -0.365 e. The van der Waals surface area contributed by atoms with E-state index in [0.29, 0.717) is 11.7 Å². The van der Waals surface area contributed by atoms with Crippen molar-refractivity contribution in [1.82, 2.24) is 20.0 Å². The van der Waals surface area contributed by atoms with E-state index in [9.17, 15) is 0 Å². The number of likely N-dealkylation sites (N-methyl/N-ethyl adjacent to an activating group) is 1. The van der Waals surface area contributed by atoms with Crippen LogP contribution in [0.4, 0.5) is 5.82 Å². The molecule has 0 radical (unpaired) electrons. The van der Waals surface area contributed by atoms with E-state index < -0.39 is 5.60 Å². The molecule has 0 spiro atoms. The predicted octanol–water partition coefficient (Wildman–Crippen LogP) is 2.30. The highest BCUT2D eigenvalue weighted by Crippen LogP contribution is 2.34. The van der Waals surface area contributed by atoms with E-state index >= 15 is 0 Å². The molecule has 2 saturated heterocycles. The number of anilines is 1. The van der Waals surface area contributed by atoms with Crippen LogP contribution in [0.5, 0.6) is 0 Å². The highest BCUT2D eigenvalue weighted by Gasteiger charge is 2.36. The lowest BCUT2D eigenvalue weighted by molar-refractivity contribution is -0.0891. The maximum absolute atomic E-state index is 5.90. The van der Waals surface area contributed by atoms with E-state index in [4.69, 9.17) is 14.2 Å². The summed E-state index contributed by atoms with van der Waals surface area (Å²) in [5.74, 6) is 2.05.